The normalized spacial score (nSPS) is 10.8. The number of halogens is 3. The summed E-state index contributed by atoms with van der Waals surface area (Å²) in [5, 5.41) is 3.06. The summed E-state index contributed by atoms with van der Waals surface area (Å²) in [6, 6.07) is 12.7. The molecule has 0 aliphatic heterocycles. The van der Waals surface area contributed by atoms with Crippen LogP contribution in [0, 0.1) is 11.6 Å². The zero-order valence-electron chi connectivity index (χ0n) is 10.7. The van der Waals surface area contributed by atoms with Crippen molar-refractivity contribution in [1.82, 2.24) is 5.32 Å². The van der Waals surface area contributed by atoms with Crippen LogP contribution in [0.4, 0.5) is 8.78 Å². The summed E-state index contributed by atoms with van der Waals surface area (Å²) < 4.78 is 27.5. The number of rotatable bonds is 6. The fourth-order valence-electron chi connectivity index (χ4n) is 1.70. The largest absolute Gasteiger partial charge is 0.312 e. The van der Waals surface area contributed by atoms with Crippen molar-refractivity contribution >= 4 is 27.7 Å². The van der Waals surface area contributed by atoms with Crippen molar-refractivity contribution in [2.45, 2.75) is 11.4 Å². The third-order valence-corrected chi connectivity index (χ3v) is 4.36. The van der Waals surface area contributed by atoms with Crippen molar-refractivity contribution in [3.8, 4) is 0 Å². The number of nitrogens with one attached hydrogen (secondary N) is 1. The predicted octanol–water partition coefficient (Wildman–Crippen LogP) is 4.61. The second-order valence-corrected chi connectivity index (χ2v) is 6.18. The van der Waals surface area contributed by atoms with E-state index in [4.69, 9.17) is 0 Å². The number of thioether (sulfide) groups is 1. The molecular weight excluding hydrogens is 344 g/mol. The Kier molecular flexibility index (Phi) is 6.01. The van der Waals surface area contributed by atoms with E-state index in [9.17, 15) is 8.78 Å². The smallest absolute Gasteiger partial charge is 0.144 e. The van der Waals surface area contributed by atoms with E-state index in [1.54, 1.807) is 11.8 Å². The van der Waals surface area contributed by atoms with Crippen LogP contribution in [0.25, 0.3) is 0 Å². The molecule has 2 rings (SSSR count). The summed E-state index contributed by atoms with van der Waals surface area (Å²) in [6.45, 7) is 0.872. The van der Waals surface area contributed by atoms with Crippen LogP contribution in [0.15, 0.2) is 51.8 Å². The molecule has 0 unspecified atom stereocenters. The van der Waals surface area contributed by atoms with Gasteiger partial charge in [-0.1, -0.05) is 18.2 Å². The Morgan fingerprint density at radius 1 is 1.05 bits per heavy atom. The molecule has 0 aliphatic carbocycles. The van der Waals surface area contributed by atoms with Gasteiger partial charge in [0.1, 0.15) is 11.6 Å². The molecule has 0 atom stereocenters. The van der Waals surface area contributed by atoms with Crippen LogP contribution in [0.2, 0.25) is 0 Å². The summed E-state index contributed by atoms with van der Waals surface area (Å²) in [7, 11) is 0. The highest BCUT2D eigenvalue weighted by atomic mass is 79.9. The lowest BCUT2D eigenvalue weighted by molar-refractivity contribution is 0.536. The Morgan fingerprint density at radius 3 is 2.55 bits per heavy atom. The van der Waals surface area contributed by atoms with Crippen molar-refractivity contribution in [1.29, 1.82) is 0 Å². The lowest BCUT2D eigenvalue weighted by Crippen LogP contribution is -2.18. The van der Waals surface area contributed by atoms with E-state index >= 15 is 0 Å². The van der Waals surface area contributed by atoms with Crippen molar-refractivity contribution in [3.63, 3.8) is 0 Å². The van der Waals surface area contributed by atoms with E-state index in [1.165, 1.54) is 17.0 Å². The van der Waals surface area contributed by atoms with Crippen LogP contribution in [0.5, 0.6) is 0 Å². The van der Waals surface area contributed by atoms with E-state index in [1.807, 2.05) is 30.3 Å². The van der Waals surface area contributed by atoms with Gasteiger partial charge in [-0.2, -0.15) is 0 Å². The van der Waals surface area contributed by atoms with Crippen LogP contribution < -0.4 is 5.32 Å². The highest BCUT2D eigenvalue weighted by Crippen LogP contribution is 2.21. The summed E-state index contributed by atoms with van der Waals surface area (Å²) in [5.74, 6) is -0.205. The third-order valence-electron chi connectivity index (χ3n) is 2.73. The van der Waals surface area contributed by atoms with Crippen LogP contribution in [0.1, 0.15) is 5.56 Å². The van der Waals surface area contributed by atoms with Gasteiger partial charge in [-0.3, -0.25) is 0 Å². The van der Waals surface area contributed by atoms with E-state index < -0.39 is 11.6 Å². The van der Waals surface area contributed by atoms with Gasteiger partial charge in [-0.25, -0.2) is 8.78 Å². The number of hydrogen-bond donors (Lipinski definition) is 1. The molecule has 2 aromatic carbocycles. The van der Waals surface area contributed by atoms with Gasteiger partial charge in [-0.15, -0.1) is 11.8 Å². The molecular formula is C15H14BrF2NS. The molecule has 0 saturated heterocycles. The second kappa shape index (κ2) is 7.76. The molecule has 2 aromatic rings. The fraction of sp³-hybridized carbons (Fsp3) is 0.200. The first-order valence-corrected chi connectivity index (χ1v) is 7.97. The van der Waals surface area contributed by atoms with Crippen molar-refractivity contribution in [2.24, 2.45) is 0 Å². The topological polar surface area (TPSA) is 12.0 Å². The second-order valence-electron chi connectivity index (χ2n) is 4.16. The highest BCUT2D eigenvalue weighted by Gasteiger charge is 2.11. The summed E-state index contributed by atoms with van der Waals surface area (Å²) in [6.07, 6.45) is 0. The highest BCUT2D eigenvalue weighted by molar-refractivity contribution is 9.10. The first kappa shape index (κ1) is 15.5. The average Bonchev–Trinajstić information content (AvgIpc) is 2.47. The minimum Gasteiger partial charge on any atom is -0.312 e. The zero-order chi connectivity index (χ0) is 14.4. The molecule has 20 heavy (non-hydrogen) atoms. The number of hydrogen-bond acceptors (Lipinski definition) is 2. The van der Waals surface area contributed by atoms with E-state index in [0.29, 0.717) is 6.54 Å². The predicted molar refractivity (Wildman–Crippen MR) is 82.9 cm³/mol. The van der Waals surface area contributed by atoms with Gasteiger partial charge in [-0.05, 0) is 40.2 Å². The summed E-state index contributed by atoms with van der Waals surface area (Å²) >= 11 is 4.77. The van der Waals surface area contributed by atoms with Gasteiger partial charge < -0.3 is 5.32 Å². The molecule has 0 saturated carbocycles. The first-order chi connectivity index (χ1) is 9.68. The molecule has 0 bridgehead atoms. The fourth-order valence-corrected chi connectivity index (χ4v) is 2.91. The zero-order valence-corrected chi connectivity index (χ0v) is 13.1. The van der Waals surface area contributed by atoms with Gasteiger partial charge >= 0.3 is 0 Å². The maximum Gasteiger partial charge on any atom is 0.144 e. The lowest BCUT2D eigenvalue weighted by Gasteiger charge is -2.08. The summed E-state index contributed by atoms with van der Waals surface area (Å²) in [5.41, 5.74) is 0.0732. The van der Waals surface area contributed by atoms with Gasteiger partial charge in [0, 0.05) is 29.3 Å². The van der Waals surface area contributed by atoms with Crippen LogP contribution in [-0.4, -0.2) is 12.3 Å². The molecule has 0 fully saturated rings. The lowest BCUT2D eigenvalue weighted by atomic mass is 10.2. The maximum atomic E-state index is 13.7. The third kappa shape index (κ3) is 4.30. The Morgan fingerprint density at radius 2 is 1.80 bits per heavy atom. The standard InChI is InChI=1S/C15H14BrF2NS/c16-13-6-7-14(17)12(15(13)18)10-19-8-9-20-11-4-2-1-3-5-11/h1-7,19H,8-10H2. The average molecular weight is 358 g/mol. The SMILES string of the molecule is Fc1ccc(Br)c(F)c1CNCCSc1ccccc1. The van der Waals surface area contributed by atoms with Crippen molar-refractivity contribution < 1.29 is 8.78 Å². The minimum atomic E-state index is -0.534. The molecule has 0 aliphatic rings. The minimum absolute atomic E-state index is 0.0732. The van der Waals surface area contributed by atoms with Crippen molar-refractivity contribution in [2.75, 3.05) is 12.3 Å². The number of benzene rings is 2. The van der Waals surface area contributed by atoms with Crippen LogP contribution >= 0.6 is 27.7 Å². The molecule has 5 heteroatoms. The molecule has 0 radical (unpaired) electrons. The molecule has 0 amide bonds. The first-order valence-electron chi connectivity index (χ1n) is 6.19. The van der Waals surface area contributed by atoms with E-state index in [2.05, 4.69) is 21.2 Å². The van der Waals surface area contributed by atoms with Gasteiger partial charge in [0.25, 0.3) is 0 Å². The van der Waals surface area contributed by atoms with Gasteiger partial charge in [0.2, 0.25) is 0 Å². The van der Waals surface area contributed by atoms with Gasteiger partial charge in [0.15, 0.2) is 0 Å². The Hall–Kier alpha value is -0.910. The molecule has 0 aromatic heterocycles. The molecule has 0 heterocycles. The van der Waals surface area contributed by atoms with Crippen LogP contribution in [-0.2, 0) is 6.54 Å². The Bertz CT molecular complexity index is 563. The molecule has 106 valence electrons. The molecule has 1 N–H and O–H groups in total. The molecule has 0 spiro atoms. The van der Waals surface area contributed by atoms with Gasteiger partial charge in [0.05, 0.1) is 4.47 Å². The van der Waals surface area contributed by atoms with Crippen molar-refractivity contribution in [3.05, 3.63) is 64.1 Å². The Labute approximate surface area is 129 Å². The maximum absolute atomic E-state index is 13.7. The molecule has 1 nitrogen and oxygen atoms in total. The monoisotopic (exact) mass is 357 g/mol. The quantitative estimate of drug-likeness (QED) is 0.460. The van der Waals surface area contributed by atoms with Crippen LogP contribution in [0.3, 0.4) is 0 Å². The van der Waals surface area contributed by atoms with E-state index in [0.717, 1.165) is 5.75 Å². The Balaban J connectivity index is 1.78. The van der Waals surface area contributed by atoms with E-state index in [-0.39, 0.29) is 16.6 Å². The summed E-state index contributed by atoms with van der Waals surface area (Å²) in [4.78, 5) is 1.19.